The van der Waals surface area contributed by atoms with E-state index in [1.807, 2.05) is 0 Å². The Balaban J connectivity index is 2.33. The molecule has 1 fully saturated rings. The Morgan fingerprint density at radius 2 is 2.00 bits per heavy atom. The molecule has 0 spiro atoms. The number of nitrogens with one attached hydrogen (secondary N) is 1. The SMILES string of the molecule is COc1ccc(C(F)F)c(C2CCNCC2)c1. The first kappa shape index (κ1) is 12.3. The maximum Gasteiger partial charge on any atom is 0.264 e. The molecule has 0 amide bonds. The van der Waals surface area contributed by atoms with Gasteiger partial charge in [-0.15, -0.1) is 0 Å². The van der Waals surface area contributed by atoms with Crippen molar-refractivity contribution in [2.45, 2.75) is 25.2 Å². The molecule has 94 valence electrons. The summed E-state index contributed by atoms with van der Waals surface area (Å²) in [5, 5.41) is 3.24. The van der Waals surface area contributed by atoms with E-state index in [-0.39, 0.29) is 11.5 Å². The summed E-state index contributed by atoms with van der Waals surface area (Å²) < 4.78 is 31.0. The number of alkyl halides is 2. The van der Waals surface area contributed by atoms with Gasteiger partial charge in [-0.1, -0.05) is 0 Å². The van der Waals surface area contributed by atoms with Crippen LogP contribution in [0, 0.1) is 0 Å². The monoisotopic (exact) mass is 241 g/mol. The van der Waals surface area contributed by atoms with E-state index in [0.717, 1.165) is 31.5 Å². The Morgan fingerprint density at radius 3 is 2.59 bits per heavy atom. The molecule has 4 heteroatoms. The van der Waals surface area contributed by atoms with Gasteiger partial charge in [-0.2, -0.15) is 0 Å². The molecule has 1 aromatic rings. The fourth-order valence-electron chi connectivity index (χ4n) is 2.37. The van der Waals surface area contributed by atoms with E-state index in [4.69, 9.17) is 4.74 Å². The summed E-state index contributed by atoms with van der Waals surface area (Å²) >= 11 is 0. The van der Waals surface area contributed by atoms with Gasteiger partial charge >= 0.3 is 0 Å². The highest BCUT2D eigenvalue weighted by Gasteiger charge is 2.22. The van der Waals surface area contributed by atoms with Gasteiger partial charge in [0.05, 0.1) is 7.11 Å². The first-order valence-electron chi connectivity index (χ1n) is 5.89. The van der Waals surface area contributed by atoms with E-state index in [0.29, 0.717) is 5.75 Å². The summed E-state index contributed by atoms with van der Waals surface area (Å²) in [6, 6.07) is 4.85. The van der Waals surface area contributed by atoms with Crippen LogP contribution < -0.4 is 10.1 Å². The minimum atomic E-state index is -2.41. The number of hydrogen-bond acceptors (Lipinski definition) is 2. The minimum Gasteiger partial charge on any atom is -0.497 e. The molecule has 17 heavy (non-hydrogen) atoms. The molecule has 1 N–H and O–H groups in total. The standard InChI is InChI=1S/C13H17F2NO/c1-17-10-2-3-11(13(14)15)12(8-10)9-4-6-16-7-5-9/h2-3,8-9,13,16H,4-7H2,1H3. The predicted molar refractivity (Wildman–Crippen MR) is 62.8 cm³/mol. The molecule has 0 unspecified atom stereocenters. The normalized spacial score (nSPS) is 17.4. The van der Waals surface area contributed by atoms with E-state index in [1.165, 1.54) is 6.07 Å². The molecule has 1 heterocycles. The third-order valence-corrected chi connectivity index (χ3v) is 3.31. The molecule has 0 atom stereocenters. The molecular formula is C13H17F2NO. The van der Waals surface area contributed by atoms with Crippen LogP contribution in [0.5, 0.6) is 5.75 Å². The second-order valence-corrected chi connectivity index (χ2v) is 4.32. The van der Waals surface area contributed by atoms with Crippen LogP contribution in [0.15, 0.2) is 18.2 Å². The maximum atomic E-state index is 13.0. The molecule has 0 saturated carbocycles. The van der Waals surface area contributed by atoms with Crippen LogP contribution >= 0.6 is 0 Å². The summed E-state index contributed by atoms with van der Waals surface area (Å²) in [4.78, 5) is 0. The summed E-state index contributed by atoms with van der Waals surface area (Å²) in [7, 11) is 1.56. The number of benzene rings is 1. The Hall–Kier alpha value is -1.16. The van der Waals surface area contributed by atoms with E-state index in [1.54, 1.807) is 19.2 Å². The van der Waals surface area contributed by atoms with Crippen LogP contribution in [0.3, 0.4) is 0 Å². The average Bonchev–Trinajstić information content (AvgIpc) is 2.39. The zero-order valence-corrected chi connectivity index (χ0v) is 9.88. The smallest absolute Gasteiger partial charge is 0.264 e. The first-order chi connectivity index (χ1) is 8.22. The number of rotatable bonds is 3. The first-order valence-corrected chi connectivity index (χ1v) is 5.89. The maximum absolute atomic E-state index is 13.0. The van der Waals surface area contributed by atoms with E-state index in [2.05, 4.69) is 5.32 Å². The van der Waals surface area contributed by atoms with Crippen molar-refractivity contribution in [2.24, 2.45) is 0 Å². The van der Waals surface area contributed by atoms with Crippen molar-refractivity contribution in [2.75, 3.05) is 20.2 Å². The fourth-order valence-corrected chi connectivity index (χ4v) is 2.37. The quantitative estimate of drug-likeness (QED) is 0.878. The number of piperidine rings is 1. The van der Waals surface area contributed by atoms with Gasteiger partial charge in [0.25, 0.3) is 6.43 Å². The van der Waals surface area contributed by atoms with Crippen LogP contribution in [0.2, 0.25) is 0 Å². The highest BCUT2D eigenvalue weighted by Crippen LogP contribution is 2.35. The zero-order valence-electron chi connectivity index (χ0n) is 9.88. The van der Waals surface area contributed by atoms with Crippen molar-refractivity contribution < 1.29 is 13.5 Å². The lowest BCUT2D eigenvalue weighted by Crippen LogP contribution is -2.27. The molecule has 2 rings (SSSR count). The Bertz CT molecular complexity index is 376. The molecule has 1 aliphatic heterocycles. The van der Waals surface area contributed by atoms with E-state index < -0.39 is 6.43 Å². The second-order valence-electron chi connectivity index (χ2n) is 4.32. The van der Waals surface area contributed by atoms with Gasteiger partial charge in [0.2, 0.25) is 0 Å². The summed E-state index contributed by atoms with van der Waals surface area (Å²) in [6.07, 6.45) is -0.592. The Labute approximate surface area is 100.0 Å². The molecular weight excluding hydrogens is 224 g/mol. The number of halogens is 2. The van der Waals surface area contributed by atoms with Crippen molar-refractivity contribution in [3.05, 3.63) is 29.3 Å². The van der Waals surface area contributed by atoms with Crippen LogP contribution in [0.25, 0.3) is 0 Å². The topological polar surface area (TPSA) is 21.3 Å². The van der Waals surface area contributed by atoms with Gasteiger partial charge in [0.15, 0.2) is 0 Å². The third-order valence-electron chi connectivity index (χ3n) is 3.31. The summed E-state index contributed by atoms with van der Waals surface area (Å²) in [6.45, 7) is 1.79. The van der Waals surface area contributed by atoms with Gasteiger partial charge < -0.3 is 10.1 Å². The largest absolute Gasteiger partial charge is 0.497 e. The molecule has 0 aromatic heterocycles. The van der Waals surface area contributed by atoms with Gasteiger partial charge in [0, 0.05) is 5.56 Å². The van der Waals surface area contributed by atoms with Crippen LogP contribution in [0.4, 0.5) is 8.78 Å². The summed E-state index contributed by atoms with van der Waals surface area (Å²) in [5.74, 6) is 0.873. The van der Waals surface area contributed by atoms with Crippen molar-refractivity contribution in [1.82, 2.24) is 5.32 Å². The highest BCUT2D eigenvalue weighted by atomic mass is 19.3. The molecule has 1 aliphatic rings. The fraction of sp³-hybridized carbons (Fsp3) is 0.538. The number of ether oxygens (including phenoxy) is 1. The zero-order chi connectivity index (χ0) is 12.3. The Kier molecular flexibility index (Phi) is 3.94. The lowest BCUT2D eigenvalue weighted by Gasteiger charge is -2.25. The number of hydrogen-bond donors (Lipinski definition) is 1. The van der Waals surface area contributed by atoms with E-state index >= 15 is 0 Å². The van der Waals surface area contributed by atoms with Crippen molar-refractivity contribution in [1.29, 1.82) is 0 Å². The predicted octanol–water partition coefficient (Wildman–Crippen LogP) is 3.10. The highest BCUT2D eigenvalue weighted by molar-refractivity contribution is 5.39. The molecule has 0 bridgehead atoms. The third kappa shape index (κ3) is 2.75. The van der Waals surface area contributed by atoms with Crippen molar-refractivity contribution >= 4 is 0 Å². The number of methoxy groups -OCH3 is 1. The molecule has 0 radical (unpaired) electrons. The minimum absolute atomic E-state index is 0.151. The van der Waals surface area contributed by atoms with Crippen LogP contribution in [0.1, 0.15) is 36.3 Å². The average molecular weight is 241 g/mol. The van der Waals surface area contributed by atoms with Gasteiger partial charge in [-0.25, -0.2) is 8.78 Å². The molecule has 0 aliphatic carbocycles. The van der Waals surface area contributed by atoms with Gasteiger partial charge in [-0.05, 0) is 55.6 Å². The van der Waals surface area contributed by atoms with Gasteiger partial charge in [-0.3, -0.25) is 0 Å². The lowest BCUT2D eigenvalue weighted by molar-refractivity contribution is 0.149. The van der Waals surface area contributed by atoms with Crippen LogP contribution in [-0.2, 0) is 0 Å². The summed E-state index contributed by atoms with van der Waals surface area (Å²) in [5.41, 5.74) is 0.901. The van der Waals surface area contributed by atoms with Crippen molar-refractivity contribution in [3.8, 4) is 5.75 Å². The lowest BCUT2D eigenvalue weighted by atomic mass is 9.87. The Morgan fingerprint density at radius 1 is 1.29 bits per heavy atom. The molecule has 1 saturated heterocycles. The second kappa shape index (κ2) is 5.45. The van der Waals surface area contributed by atoms with Gasteiger partial charge in [0.1, 0.15) is 5.75 Å². The van der Waals surface area contributed by atoms with Crippen LogP contribution in [-0.4, -0.2) is 20.2 Å². The van der Waals surface area contributed by atoms with E-state index in [9.17, 15) is 8.78 Å². The van der Waals surface area contributed by atoms with Crippen molar-refractivity contribution in [3.63, 3.8) is 0 Å². The molecule has 1 aromatic carbocycles. The molecule has 2 nitrogen and oxygen atoms in total.